The largest absolute Gasteiger partial charge is 0.512 e. The van der Waals surface area contributed by atoms with Crippen molar-refractivity contribution < 1.29 is 26.1 Å². The van der Waals surface area contributed by atoms with Crippen LogP contribution >= 0.6 is 18.8 Å². The van der Waals surface area contributed by atoms with E-state index in [4.69, 9.17) is 16.3 Å². The first kappa shape index (κ1) is 22.2. The van der Waals surface area contributed by atoms with Gasteiger partial charge in [-0.1, -0.05) is 32.0 Å². The summed E-state index contributed by atoms with van der Waals surface area (Å²) in [5.41, 5.74) is -4.46. The van der Waals surface area contributed by atoms with Gasteiger partial charge < -0.3 is 9.19 Å². The number of nitrogens with zero attached hydrogens (tertiary/aromatic N) is 2. The van der Waals surface area contributed by atoms with Crippen molar-refractivity contribution in [3.05, 3.63) is 0 Å². The van der Waals surface area contributed by atoms with E-state index in [-0.39, 0.29) is 4.08 Å². The zero-order chi connectivity index (χ0) is 17.8. The second-order valence-electron chi connectivity index (χ2n) is 4.61. The third-order valence-corrected chi connectivity index (χ3v) is 10.2. The minimum Gasteiger partial charge on any atom is -0.319 e. The molecule has 0 aromatic rings. The standard InChI is InChI=1S/C10H20F3N2O3PS3/c1-5-6-7-9(2)18-19(21,14(3)8-20)15(4)22(16,17)10(11,12)13/h8-9H,5-7H2,1-4H3. The summed E-state index contributed by atoms with van der Waals surface area (Å²) in [6.45, 7) is -0.0920. The average Bonchev–Trinajstić information content (AvgIpc) is 2.41. The van der Waals surface area contributed by atoms with E-state index in [1.54, 1.807) is 6.92 Å². The lowest BCUT2D eigenvalue weighted by Crippen LogP contribution is -2.40. The zero-order valence-corrected chi connectivity index (χ0v) is 16.0. The summed E-state index contributed by atoms with van der Waals surface area (Å²) in [6, 6.07) is 0. The zero-order valence-electron chi connectivity index (χ0n) is 12.7. The molecule has 0 radical (unpaired) electrons. The molecule has 132 valence electrons. The summed E-state index contributed by atoms with van der Waals surface area (Å²) >= 11 is 9.83. The van der Waals surface area contributed by atoms with Gasteiger partial charge in [-0.2, -0.15) is 13.2 Å². The van der Waals surface area contributed by atoms with E-state index in [2.05, 4.69) is 12.2 Å². The molecule has 0 aliphatic carbocycles. The van der Waals surface area contributed by atoms with Crippen LogP contribution in [0.25, 0.3) is 0 Å². The van der Waals surface area contributed by atoms with Crippen molar-refractivity contribution in [2.75, 3.05) is 14.1 Å². The quantitative estimate of drug-likeness (QED) is 0.436. The predicted molar refractivity (Wildman–Crippen MR) is 88.5 cm³/mol. The maximum atomic E-state index is 12.8. The molecule has 2 atom stereocenters. The second-order valence-corrected chi connectivity index (χ2v) is 10.9. The molecule has 0 saturated carbocycles. The first-order valence-corrected chi connectivity index (χ1v) is 10.9. The Bertz CT molecular complexity index is 527. The number of sulfonamides is 1. The van der Waals surface area contributed by atoms with E-state index in [1.165, 1.54) is 7.05 Å². The fraction of sp³-hybridized carbons (Fsp3) is 0.900. The fourth-order valence-electron chi connectivity index (χ4n) is 1.46. The number of rotatable bonds is 9. The Hall–Kier alpha value is 0.200. The second kappa shape index (κ2) is 8.34. The molecule has 0 aliphatic rings. The van der Waals surface area contributed by atoms with Crippen LogP contribution in [0.5, 0.6) is 0 Å². The summed E-state index contributed by atoms with van der Waals surface area (Å²) in [4.78, 5) is 0. The predicted octanol–water partition coefficient (Wildman–Crippen LogP) is 3.48. The van der Waals surface area contributed by atoms with Gasteiger partial charge in [-0.25, -0.2) is 8.42 Å². The number of hydrogen-bond donors (Lipinski definition) is 0. The molecule has 0 N–H and O–H groups in total. The van der Waals surface area contributed by atoms with E-state index < -0.39 is 28.2 Å². The van der Waals surface area contributed by atoms with Crippen LogP contribution < -0.4 is 0 Å². The van der Waals surface area contributed by atoms with E-state index in [0.717, 1.165) is 30.1 Å². The van der Waals surface area contributed by atoms with Crippen LogP contribution in [0.1, 0.15) is 33.1 Å². The molecule has 0 heterocycles. The number of thiocarbonyl (C=S) groups is 1. The van der Waals surface area contributed by atoms with E-state index >= 15 is 0 Å². The maximum absolute atomic E-state index is 12.8. The van der Waals surface area contributed by atoms with Gasteiger partial charge in [0.15, 0.2) is 0 Å². The normalized spacial score (nSPS) is 17.1. The van der Waals surface area contributed by atoms with Crippen molar-refractivity contribution in [2.45, 2.75) is 44.7 Å². The molecule has 0 bridgehead atoms. The molecule has 2 unspecified atom stereocenters. The van der Waals surface area contributed by atoms with Gasteiger partial charge in [-0.15, -0.1) is 4.08 Å². The highest BCUT2D eigenvalue weighted by Crippen LogP contribution is 2.56. The first-order chi connectivity index (χ1) is 9.84. The summed E-state index contributed by atoms with van der Waals surface area (Å²) in [5.74, 6) is 0. The van der Waals surface area contributed by atoms with E-state index in [0.29, 0.717) is 6.42 Å². The number of hydrogen-bond acceptors (Lipinski definition) is 5. The lowest BCUT2D eigenvalue weighted by molar-refractivity contribution is -0.0468. The molecular formula is C10H20F3N2O3PS3. The Morgan fingerprint density at radius 3 is 2.23 bits per heavy atom. The Morgan fingerprint density at radius 1 is 1.36 bits per heavy atom. The molecule has 12 heteroatoms. The maximum Gasteiger partial charge on any atom is 0.512 e. The molecule has 0 fully saturated rings. The fourth-order valence-corrected chi connectivity index (χ4v) is 6.90. The molecule has 0 aliphatic heterocycles. The van der Waals surface area contributed by atoms with Crippen molar-refractivity contribution in [3.63, 3.8) is 0 Å². The van der Waals surface area contributed by atoms with Gasteiger partial charge in [0.25, 0.3) is 0 Å². The highest BCUT2D eigenvalue weighted by molar-refractivity contribution is 8.15. The minimum atomic E-state index is -5.61. The Morgan fingerprint density at radius 2 is 1.86 bits per heavy atom. The molecule has 0 amide bonds. The van der Waals surface area contributed by atoms with Gasteiger partial charge in [-0.3, -0.25) is 0 Å². The molecule has 22 heavy (non-hydrogen) atoms. The summed E-state index contributed by atoms with van der Waals surface area (Å²) in [6.07, 6.45) is 1.72. The van der Waals surface area contributed by atoms with Crippen LogP contribution in [-0.2, 0) is 26.4 Å². The van der Waals surface area contributed by atoms with Crippen LogP contribution in [0, 0.1) is 0 Å². The lowest BCUT2D eigenvalue weighted by Gasteiger charge is -2.37. The lowest BCUT2D eigenvalue weighted by atomic mass is 10.2. The van der Waals surface area contributed by atoms with Crippen LogP contribution in [0.2, 0.25) is 0 Å². The topological polar surface area (TPSA) is 49.9 Å². The van der Waals surface area contributed by atoms with Crippen LogP contribution in [0.3, 0.4) is 0 Å². The van der Waals surface area contributed by atoms with Gasteiger partial charge in [0.1, 0.15) is 0 Å². The van der Waals surface area contributed by atoms with Gasteiger partial charge >= 0.3 is 15.5 Å². The van der Waals surface area contributed by atoms with Gasteiger partial charge in [0.05, 0.1) is 11.6 Å². The first-order valence-electron chi connectivity index (χ1n) is 6.37. The average molecular weight is 400 g/mol. The number of unbranched alkanes of at least 4 members (excludes halogenated alkanes) is 1. The Kier molecular flexibility index (Phi) is 8.42. The molecule has 0 spiro atoms. The van der Waals surface area contributed by atoms with E-state index in [9.17, 15) is 21.6 Å². The molecule has 0 saturated heterocycles. The van der Waals surface area contributed by atoms with Crippen molar-refractivity contribution >= 4 is 46.1 Å². The highest BCUT2D eigenvalue weighted by atomic mass is 32.5. The number of alkyl halides is 3. The van der Waals surface area contributed by atoms with E-state index in [1.807, 2.05) is 6.92 Å². The third kappa shape index (κ3) is 5.10. The molecule has 0 aromatic heterocycles. The van der Waals surface area contributed by atoms with Crippen molar-refractivity contribution in [3.8, 4) is 0 Å². The van der Waals surface area contributed by atoms with Gasteiger partial charge in [0, 0.05) is 14.1 Å². The SMILES string of the molecule is CCCCC(C)OP(=S)(N(C)C=S)N(C)S(=O)(=O)C(F)(F)F. The van der Waals surface area contributed by atoms with Crippen LogP contribution in [0.15, 0.2) is 0 Å². The van der Waals surface area contributed by atoms with Gasteiger partial charge in [-0.05, 0) is 25.2 Å². The Labute approximate surface area is 140 Å². The monoisotopic (exact) mass is 400 g/mol. The highest BCUT2D eigenvalue weighted by Gasteiger charge is 2.54. The Balaban J connectivity index is 5.64. The summed E-state index contributed by atoms with van der Waals surface area (Å²) in [7, 11) is -3.53. The van der Waals surface area contributed by atoms with Crippen LogP contribution in [0.4, 0.5) is 13.2 Å². The molecule has 5 nitrogen and oxygen atoms in total. The molecule has 0 aromatic carbocycles. The van der Waals surface area contributed by atoms with Crippen molar-refractivity contribution in [2.24, 2.45) is 0 Å². The van der Waals surface area contributed by atoms with Crippen LogP contribution in [-0.4, -0.2) is 48.4 Å². The third-order valence-electron chi connectivity index (χ3n) is 2.83. The smallest absolute Gasteiger partial charge is 0.319 e. The molecule has 0 rings (SSSR count). The van der Waals surface area contributed by atoms with Crippen molar-refractivity contribution in [1.29, 1.82) is 0 Å². The summed E-state index contributed by atoms with van der Waals surface area (Å²) in [5, 5.41) is 0. The number of halogens is 3. The van der Waals surface area contributed by atoms with Crippen molar-refractivity contribution in [1.82, 2.24) is 8.75 Å². The minimum absolute atomic E-state index is 0.0839. The van der Waals surface area contributed by atoms with Gasteiger partial charge in [0.2, 0.25) is 6.57 Å². The summed E-state index contributed by atoms with van der Waals surface area (Å²) < 4.78 is 68.2. The molecular weight excluding hydrogens is 380 g/mol.